The van der Waals surface area contributed by atoms with E-state index in [9.17, 15) is 4.79 Å². The highest BCUT2D eigenvalue weighted by Crippen LogP contribution is 2.34. The Kier molecular flexibility index (Phi) is 5.16. The van der Waals surface area contributed by atoms with Crippen LogP contribution >= 0.6 is 11.6 Å². The van der Waals surface area contributed by atoms with E-state index in [1.54, 1.807) is 13.3 Å². The second kappa shape index (κ2) is 8.12. The van der Waals surface area contributed by atoms with Crippen molar-refractivity contribution in [2.45, 2.75) is 32.2 Å². The molecule has 0 bridgehead atoms. The minimum atomic E-state index is -0.318. The highest BCUT2D eigenvalue weighted by molar-refractivity contribution is 6.30. The molecule has 31 heavy (non-hydrogen) atoms. The highest BCUT2D eigenvalue weighted by Gasteiger charge is 2.21. The molecule has 4 aromatic rings. The monoisotopic (exact) mass is 441 g/mol. The topological polar surface area (TPSA) is 102 Å². The van der Waals surface area contributed by atoms with Crippen molar-refractivity contribution in [1.82, 2.24) is 34.6 Å². The van der Waals surface area contributed by atoms with E-state index in [0.717, 1.165) is 42.3 Å². The Morgan fingerprint density at radius 1 is 1.23 bits per heavy atom. The van der Waals surface area contributed by atoms with E-state index in [1.165, 1.54) is 21.6 Å². The number of nitrogens with zero attached hydrogens (tertiary/aromatic N) is 7. The summed E-state index contributed by atoms with van der Waals surface area (Å²) in [7, 11) is 1.62. The lowest BCUT2D eigenvalue weighted by Gasteiger charge is -2.23. The van der Waals surface area contributed by atoms with E-state index in [0.29, 0.717) is 16.5 Å². The zero-order chi connectivity index (χ0) is 21.4. The number of methoxy groups -OCH3 is 1. The molecular weight excluding hydrogens is 422 g/mol. The molecule has 0 aliphatic carbocycles. The molecule has 1 unspecified atom stereocenters. The van der Waals surface area contributed by atoms with Crippen molar-refractivity contribution in [1.29, 1.82) is 0 Å². The number of rotatable bonds is 5. The van der Waals surface area contributed by atoms with Crippen molar-refractivity contribution < 1.29 is 9.47 Å². The summed E-state index contributed by atoms with van der Waals surface area (Å²) in [5.74, 6) is 0.685. The molecule has 1 aliphatic heterocycles. The average Bonchev–Trinajstić information content (AvgIpc) is 3.43. The summed E-state index contributed by atoms with van der Waals surface area (Å²) in [5, 5.41) is 18.3. The molecule has 4 heterocycles. The molecule has 3 aromatic heterocycles. The first-order chi connectivity index (χ1) is 15.1. The van der Waals surface area contributed by atoms with E-state index in [4.69, 9.17) is 21.1 Å². The summed E-state index contributed by atoms with van der Waals surface area (Å²) in [6.45, 7) is 0.848. The Morgan fingerprint density at radius 2 is 2.13 bits per heavy atom. The first-order valence-corrected chi connectivity index (χ1v) is 10.3. The first kappa shape index (κ1) is 19.7. The molecule has 0 amide bonds. The fourth-order valence-corrected chi connectivity index (χ4v) is 3.88. The van der Waals surface area contributed by atoms with Crippen LogP contribution in [0.5, 0.6) is 5.75 Å². The van der Waals surface area contributed by atoms with Crippen LogP contribution in [0.25, 0.3) is 22.2 Å². The zero-order valence-electron chi connectivity index (χ0n) is 16.8. The van der Waals surface area contributed by atoms with Crippen LogP contribution in [-0.2, 0) is 11.4 Å². The number of aromatic nitrogens is 7. The largest absolute Gasteiger partial charge is 0.497 e. The molecule has 1 atom stereocenters. The second-order valence-corrected chi connectivity index (χ2v) is 7.75. The van der Waals surface area contributed by atoms with Gasteiger partial charge in [0.15, 0.2) is 6.23 Å². The van der Waals surface area contributed by atoms with Gasteiger partial charge in [-0.25, -0.2) is 14.0 Å². The Labute approximate surface area is 181 Å². The van der Waals surface area contributed by atoms with Gasteiger partial charge in [0.1, 0.15) is 18.1 Å². The molecule has 160 valence electrons. The van der Waals surface area contributed by atoms with Crippen molar-refractivity contribution in [2.75, 3.05) is 13.7 Å². The molecule has 0 N–H and O–H groups in total. The smallest absolute Gasteiger partial charge is 0.270 e. The maximum Gasteiger partial charge on any atom is 0.270 e. The van der Waals surface area contributed by atoms with Gasteiger partial charge < -0.3 is 9.47 Å². The number of ether oxygens (including phenoxy) is 2. The van der Waals surface area contributed by atoms with Crippen molar-refractivity contribution >= 4 is 22.5 Å². The van der Waals surface area contributed by atoms with E-state index in [1.807, 2.05) is 23.0 Å². The molecule has 0 radical (unpaired) electrons. The predicted octanol–water partition coefficient (Wildman–Crippen LogP) is 2.72. The average molecular weight is 442 g/mol. The Balaban J connectivity index is 1.52. The lowest BCUT2D eigenvalue weighted by Crippen LogP contribution is -2.25. The van der Waals surface area contributed by atoms with Crippen LogP contribution in [0.15, 0.2) is 41.6 Å². The molecule has 1 fully saturated rings. The molecule has 1 saturated heterocycles. The third-order valence-electron chi connectivity index (χ3n) is 5.28. The third kappa shape index (κ3) is 3.79. The van der Waals surface area contributed by atoms with Gasteiger partial charge in [0.05, 0.1) is 36.2 Å². The number of fused-ring (bicyclic) bond motifs is 1. The molecule has 11 heteroatoms. The SMILES string of the molecule is COc1cc(-c2cn(Cn3ncc(Cl)cc3=O)nn2)c2cnn(C3CCCCO3)c2c1. The fourth-order valence-electron chi connectivity index (χ4n) is 3.74. The number of benzene rings is 1. The van der Waals surface area contributed by atoms with Crippen LogP contribution in [0.2, 0.25) is 5.02 Å². The normalized spacial score (nSPS) is 16.6. The van der Waals surface area contributed by atoms with E-state index >= 15 is 0 Å². The summed E-state index contributed by atoms with van der Waals surface area (Å²) in [4.78, 5) is 12.0. The quantitative estimate of drug-likeness (QED) is 0.469. The summed E-state index contributed by atoms with van der Waals surface area (Å²) >= 11 is 5.81. The summed E-state index contributed by atoms with van der Waals surface area (Å²) < 4.78 is 16.1. The van der Waals surface area contributed by atoms with Crippen LogP contribution in [-0.4, -0.2) is 48.3 Å². The second-order valence-electron chi connectivity index (χ2n) is 7.31. The van der Waals surface area contributed by atoms with Crippen molar-refractivity contribution in [3.63, 3.8) is 0 Å². The minimum absolute atomic E-state index is 0.0928. The highest BCUT2D eigenvalue weighted by atomic mass is 35.5. The van der Waals surface area contributed by atoms with E-state index in [2.05, 4.69) is 20.5 Å². The van der Waals surface area contributed by atoms with Crippen LogP contribution in [0.1, 0.15) is 25.5 Å². The van der Waals surface area contributed by atoms with Gasteiger partial charge in [-0.1, -0.05) is 16.8 Å². The fraction of sp³-hybridized carbons (Fsp3) is 0.350. The molecule has 5 rings (SSSR count). The Bertz CT molecular complexity index is 1290. The van der Waals surface area contributed by atoms with Crippen LogP contribution in [0.4, 0.5) is 0 Å². The lowest BCUT2D eigenvalue weighted by atomic mass is 10.1. The van der Waals surface area contributed by atoms with Gasteiger partial charge in [-0.05, 0) is 25.3 Å². The lowest BCUT2D eigenvalue weighted by molar-refractivity contribution is -0.0366. The Morgan fingerprint density at radius 3 is 2.90 bits per heavy atom. The summed E-state index contributed by atoms with van der Waals surface area (Å²) in [6, 6.07) is 5.16. The van der Waals surface area contributed by atoms with Gasteiger partial charge >= 0.3 is 0 Å². The number of hydrogen-bond donors (Lipinski definition) is 0. The molecule has 0 saturated carbocycles. The molecule has 1 aliphatic rings. The standard InChI is InChI=1S/C20H20ClN7O3/c1-30-14-7-15(16-10-23-28(18(16)8-14)20-4-2-3-5-31-20)17-11-26(25-24-17)12-27-19(29)6-13(21)9-22-27/h6-11,20H,2-5,12H2,1H3. The van der Waals surface area contributed by atoms with Gasteiger partial charge in [0.2, 0.25) is 0 Å². The van der Waals surface area contributed by atoms with Crippen molar-refractivity contribution in [2.24, 2.45) is 0 Å². The maximum absolute atomic E-state index is 12.0. The van der Waals surface area contributed by atoms with E-state index < -0.39 is 0 Å². The molecule has 0 spiro atoms. The maximum atomic E-state index is 12.0. The van der Waals surface area contributed by atoms with E-state index in [-0.39, 0.29) is 18.5 Å². The third-order valence-corrected chi connectivity index (χ3v) is 5.49. The molecule has 10 nitrogen and oxygen atoms in total. The predicted molar refractivity (Wildman–Crippen MR) is 113 cm³/mol. The number of hydrogen-bond acceptors (Lipinski definition) is 7. The molecule has 1 aromatic carbocycles. The van der Waals surface area contributed by atoms with Crippen LogP contribution in [0.3, 0.4) is 0 Å². The van der Waals surface area contributed by atoms with Crippen LogP contribution in [0, 0.1) is 0 Å². The van der Waals surface area contributed by atoms with Crippen LogP contribution < -0.4 is 10.3 Å². The minimum Gasteiger partial charge on any atom is -0.497 e. The molecular formula is C20H20ClN7O3. The van der Waals surface area contributed by atoms with Crippen molar-refractivity contribution in [3.05, 3.63) is 52.2 Å². The summed E-state index contributed by atoms with van der Waals surface area (Å²) in [5.41, 5.74) is 2.06. The van der Waals surface area contributed by atoms with Gasteiger partial charge in [-0.15, -0.1) is 5.10 Å². The zero-order valence-corrected chi connectivity index (χ0v) is 17.6. The van der Waals surface area contributed by atoms with Gasteiger partial charge in [0, 0.05) is 29.7 Å². The van der Waals surface area contributed by atoms with Gasteiger partial charge in [-0.2, -0.15) is 10.2 Å². The van der Waals surface area contributed by atoms with Crippen molar-refractivity contribution in [3.8, 4) is 17.0 Å². The summed E-state index contributed by atoms with van der Waals surface area (Å²) in [6.07, 6.45) is 7.98. The van der Waals surface area contributed by atoms with Gasteiger partial charge in [-0.3, -0.25) is 4.79 Å². The number of halogens is 1. The first-order valence-electron chi connectivity index (χ1n) is 9.92. The Hall–Kier alpha value is -3.24. The van der Waals surface area contributed by atoms with Gasteiger partial charge in [0.25, 0.3) is 5.56 Å².